The Morgan fingerprint density at radius 3 is 3.29 bits per heavy atom. The van der Waals surface area contributed by atoms with E-state index in [1.165, 1.54) is 7.11 Å². The minimum absolute atomic E-state index is 0.0852. The zero-order chi connectivity index (χ0) is 10.1. The zero-order valence-corrected chi connectivity index (χ0v) is 8.28. The Hall–Kier alpha value is -1.52. The highest BCUT2D eigenvalue weighted by molar-refractivity contribution is 5.75. The number of anilines is 1. The second-order valence-electron chi connectivity index (χ2n) is 3.54. The molecule has 0 spiro atoms. The van der Waals surface area contributed by atoms with Gasteiger partial charge in [-0.3, -0.25) is 9.89 Å². The molecule has 0 saturated carbocycles. The van der Waals surface area contributed by atoms with Crippen LogP contribution >= 0.6 is 0 Å². The number of carbonyl (C=O) groups excluding carboxylic acids is 1. The van der Waals surface area contributed by atoms with Crippen molar-refractivity contribution >= 4 is 11.7 Å². The highest BCUT2D eigenvalue weighted by Gasteiger charge is 2.29. The van der Waals surface area contributed by atoms with Gasteiger partial charge in [-0.2, -0.15) is 5.10 Å². The van der Waals surface area contributed by atoms with E-state index in [9.17, 15) is 4.79 Å². The van der Waals surface area contributed by atoms with Gasteiger partial charge in [0.25, 0.3) is 0 Å². The van der Waals surface area contributed by atoms with Gasteiger partial charge < -0.3 is 9.64 Å². The molecule has 76 valence electrons. The number of hydrogen-bond acceptors (Lipinski definition) is 4. The van der Waals surface area contributed by atoms with Crippen LogP contribution in [0.4, 0.5) is 5.69 Å². The third kappa shape index (κ3) is 1.34. The smallest absolute Gasteiger partial charge is 0.310 e. The highest BCUT2D eigenvalue weighted by Crippen LogP contribution is 2.26. The van der Waals surface area contributed by atoms with Crippen molar-refractivity contribution in [3.05, 3.63) is 11.9 Å². The summed E-state index contributed by atoms with van der Waals surface area (Å²) in [6, 6.07) is 0. The maximum Gasteiger partial charge on any atom is 0.310 e. The molecule has 5 nitrogen and oxygen atoms in total. The van der Waals surface area contributed by atoms with Crippen LogP contribution < -0.4 is 4.90 Å². The maximum absolute atomic E-state index is 11.4. The lowest BCUT2D eigenvalue weighted by Gasteiger charge is -2.28. The number of esters is 1. The van der Waals surface area contributed by atoms with Gasteiger partial charge >= 0.3 is 5.97 Å². The Balaban J connectivity index is 2.21. The van der Waals surface area contributed by atoms with Gasteiger partial charge in [-0.1, -0.05) is 0 Å². The first-order valence-corrected chi connectivity index (χ1v) is 4.53. The van der Waals surface area contributed by atoms with Crippen molar-refractivity contribution < 1.29 is 9.53 Å². The monoisotopic (exact) mass is 195 g/mol. The van der Waals surface area contributed by atoms with Gasteiger partial charge in [-0.25, -0.2) is 0 Å². The van der Waals surface area contributed by atoms with Crippen LogP contribution in [0.5, 0.6) is 0 Å². The van der Waals surface area contributed by atoms with Crippen molar-refractivity contribution in [1.29, 1.82) is 0 Å². The molecule has 0 saturated heterocycles. The molecule has 1 aliphatic rings. The molecule has 1 aromatic rings. The summed E-state index contributed by atoms with van der Waals surface area (Å²) in [7, 11) is 3.37. The van der Waals surface area contributed by atoms with Crippen molar-refractivity contribution in [2.45, 2.75) is 6.42 Å². The van der Waals surface area contributed by atoms with Crippen LogP contribution in [0.25, 0.3) is 0 Å². The highest BCUT2D eigenvalue weighted by atomic mass is 16.5. The number of H-pyrrole nitrogens is 1. The molecule has 1 N–H and O–H groups in total. The standard InChI is InChI=1S/C9H13N3O2/c1-12-5-6(9(13)14-2)3-7-8(12)4-10-11-7/h4,6H,3,5H2,1-2H3,(H,10,11). The molecule has 0 fully saturated rings. The quantitative estimate of drug-likeness (QED) is 0.650. The van der Waals surface area contributed by atoms with E-state index in [-0.39, 0.29) is 11.9 Å². The summed E-state index contributed by atoms with van der Waals surface area (Å²) in [5, 5.41) is 6.85. The largest absolute Gasteiger partial charge is 0.469 e. The molecular formula is C9H13N3O2. The van der Waals surface area contributed by atoms with Crippen LogP contribution in [0.2, 0.25) is 0 Å². The average Bonchev–Trinajstić information content (AvgIpc) is 2.64. The molecule has 2 rings (SSSR count). The zero-order valence-electron chi connectivity index (χ0n) is 8.28. The summed E-state index contributed by atoms with van der Waals surface area (Å²) < 4.78 is 4.73. The summed E-state index contributed by atoms with van der Waals surface area (Å²) in [6.07, 6.45) is 2.47. The van der Waals surface area contributed by atoms with E-state index in [4.69, 9.17) is 4.74 Å². The van der Waals surface area contributed by atoms with Crippen molar-refractivity contribution in [2.75, 3.05) is 25.6 Å². The number of hydrogen-bond donors (Lipinski definition) is 1. The predicted molar refractivity (Wildman–Crippen MR) is 51.1 cm³/mol. The lowest BCUT2D eigenvalue weighted by Crippen LogP contribution is -2.36. The van der Waals surface area contributed by atoms with E-state index in [0.717, 1.165) is 11.4 Å². The summed E-state index contributed by atoms with van der Waals surface area (Å²) in [5.74, 6) is -0.241. The minimum Gasteiger partial charge on any atom is -0.469 e. The van der Waals surface area contributed by atoms with Gasteiger partial charge in [0.2, 0.25) is 0 Å². The van der Waals surface area contributed by atoms with E-state index in [1.807, 2.05) is 11.9 Å². The number of nitrogens with zero attached hydrogens (tertiary/aromatic N) is 2. The Kier molecular flexibility index (Phi) is 2.15. The Bertz CT molecular complexity index is 348. The second-order valence-corrected chi connectivity index (χ2v) is 3.54. The Morgan fingerprint density at radius 1 is 1.79 bits per heavy atom. The van der Waals surface area contributed by atoms with Crippen LogP contribution in [0, 0.1) is 5.92 Å². The van der Waals surface area contributed by atoms with Crippen LogP contribution in [-0.2, 0) is 16.0 Å². The number of aromatic nitrogens is 2. The number of methoxy groups -OCH3 is 1. The fraction of sp³-hybridized carbons (Fsp3) is 0.556. The lowest BCUT2D eigenvalue weighted by atomic mass is 9.98. The maximum atomic E-state index is 11.4. The van der Waals surface area contributed by atoms with Gasteiger partial charge in [-0.05, 0) is 0 Å². The Labute approximate surface area is 82.0 Å². The fourth-order valence-corrected chi connectivity index (χ4v) is 1.85. The van der Waals surface area contributed by atoms with Crippen LogP contribution in [-0.4, -0.2) is 36.9 Å². The molecule has 0 amide bonds. The molecule has 14 heavy (non-hydrogen) atoms. The Morgan fingerprint density at radius 2 is 2.57 bits per heavy atom. The van der Waals surface area contributed by atoms with Crippen molar-refractivity contribution in [3.63, 3.8) is 0 Å². The van der Waals surface area contributed by atoms with Gasteiger partial charge in [0.15, 0.2) is 0 Å². The summed E-state index contributed by atoms with van der Waals surface area (Å²) >= 11 is 0. The number of fused-ring (bicyclic) bond motifs is 1. The third-order valence-electron chi connectivity index (χ3n) is 2.59. The molecule has 2 heterocycles. The van der Waals surface area contributed by atoms with E-state index in [1.54, 1.807) is 6.20 Å². The van der Waals surface area contributed by atoms with Gasteiger partial charge in [0.05, 0.1) is 30.6 Å². The van der Waals surface area contributed by atoms with Crippen LogP contribution in [0.1, 0.15) is 5.69 Å². The fourth-order valence-electron chi connectivity index (χ4n) is 1.85. The SMILES string of the molecule is COC(=O)C1Cc2[nH]ncc2N(C)C1. The van der Waals surface area contributed by atoms with Crippen molar-refractivity contribution in [2.24, 2.45) is 5.92 Å². The predicted octanol–water partition coefficient (Wildman–Crippen LogP) is 0.191. The minimum atomic E-state index is -0.155. The molecule has 0 aromatic carbocycles. The molecule has 1 unspecified atom stereocenters. The molecule has 0 aliphatic carbocycles. The number of rotatable bonds is 1. The van der Waals surface area contributed by atoms with Gasteiger partial charge in [0, 0.05) is 20.0 Å². The molecular weight excluding hydrogens is 182 g/mol. The second kappa shape index (κ2) is 3.32. The van der Waals surface area contributed by atoms with Crippen molar-refractivity contribution in [1.82, 2.24) is 10.2 Å². The summed E-state index contributed by atoms with van der Waals surface area (Å²) in [5.41, 5.74) is 2.08. The first-order valence-electron chi connectivity index (χ1n) is 4.53. The first-order chi connectivity index (χ1) is 6.72. The van der Waals surface area contributed by atoms with E-state index in [2.05, 4.69) is 10.2 Å². The molecule has 1 aliphatic heterocycles. The average molecular weight is 195 g/mol. The number of ether oxygens (including phenoxy) is 1. The normalized spacial score (nSPS) is 20.4. The summed E-state index contributed by atoms with van der Waals surface area (Å²) in [4.78, 5) is 13.4. The van der Waals surface area contributed by atoms with Crippen LogP contribution in [0.3, 0.4) is 0 Å². The van der Waals surface area contributed by atoms with Crippen molar-refractivity contribution in [3.8, 4) is 0 Å². The lowest BCUT2D eigenvalue weighted by molar-refractivity contribution is -0.145. The first kappa shape index (κ1) is 9.05. The van der Waals surface area contributed by atoms with Gasteiger partial charge in [-0.15, -0.1) is 0 Å². The molecule has 0 radical (unpaired) electrons. The molecule has 1 aromatic heterocycles. The molecule has 1 atom stereocenters. The van der Waals surface area contributed by atoms with E-state index < -0.39 is 0 Å². The third-order valence-corrected chi connectivity index (χ3v) is 2.59. The molecule has 0 bridgehead atoms. The number of aromatic amines is 1. The van der Waals surface area contributed by atoms with E-state index in [0.29, 0.717) is 13.0 Å². The molecule has 5 heteroatoms. The number of nitrogens with one attached hydrogen (secondary N) is 1. The topological polar surface area (TPSA) is 58.2 Å². The van der Waals surface area contributed by atoms with Gasteiger partial charge in [0.1, 0.15) is 0 Å². The van der Waals surface area contributed by atoms with E-state index >= 15 is 0 Å². The summed E-state index contributed by atoms with van der Waals surface area (Å²) in [6.45, 7) is 0.694. The number of carbonyl (C=O) groups is 1. The van der Waals surface area contributed by atoms with Crippen LogP contribution in [0.15, 0.2) is 6.20 Å².